The molecule has 1 aromatic heterocycles. The average Bonchev–Trinajstić information content (AvgIpc) is 3.17. The standard InChI is InChI=1S/C21H27N3O4S/c1-15(2)16-7-9-18(10-8-16)29(26,27)24-13-11-17(14-24)28-20-19(6-5-12-22-20)21(25)23(3)4/h5-10,12,15,17H,11,13-14H2,1-4H3. The van der Waals surface area contributed by atoms with Crippen LogP contribution in [0.25, 0.3) is 0 Å². The topological polar surface area (TPSA) is 79.8 Å². The summed E-state index contributed by atoms with van der Waals surface area (Å²) in [6, 6.07) is 10.4. The van der Waals surface area contributed by atoms with Crippen LogP contribution in [-0.2, 0) is 10.0 Å². The quantitative estimate of drug-likeness (QED) is 0.722. The van der Waals surface area contributed by atoms with Crippen molar-refractivity contribution in [3.8, 4) is 5.88 Å². The van der Waals surface area contributed by atoms with Gasteiger partial charge in [0.1, 0.15) is 11.7 Å². The first-order valence-electron chi connectivity index (χ1n) is 9.63. The highest BCUT2D eigenvalue weighted by Crippen LogP contribution is 2.26. The monoisotopic (exact) mass is 417 g/mol. The molecule has 1 unspecified atom stereocenters. The van der Waals surface area contributed by atoms with Gasteiger partial charge >= 0.3 is 0 Å². The number of hydrogen-bond donors (Lipinski definition) is 0. The third-order valence-corrected chi connectivity index (χ3v) is 6.86. The summed E-state index contributed by atoms with van der Waals surface area (Å²) >= 11 is 0. The van der Waals surface area contributed by atoms with Crippen molar-refractivity contribution in [1.29, 1.82) is 0 Å². The Bertz CT molecular complexity index is 972. The molecule has 1 saturated heterocycles. The fourth-order valence-corrected chi connectivity index (χ4v) is 4.72. The van der Waals surface area contributed by atoms with Gasteiger partial charge in [-0.3, -0.25) is 4.79 Å². The minimum absolute atomic E-state index is 0.208. The van der Waals surface area contributed by atoms with Gasteiger partial charge in [-0.05, 0) is 42.2 Å². The lowest BCUT2D eigenvalue weighted by molar-refractivity contribution is 0.0818. The van der Waals surface area contributed by atoms with E-state index in [0.717, 1.165) is 5.56 Å². The van der Waals surface area contributed by atoms with Crippen molar-refractivity contribution in [3.05, 3.63) is 53.7 Å². The highest BCUT2D eigenvalue weighted by Gasteiger charge is 2.34. The van der Waals surface area contributed by atoms with E-state index in [1.807, 2.05) is 12.1 Å². The first-order valence-corrected chi connectivity index (χ1v) is 11.1. The lowest BCUT2D eigenvalue weighted by atomic mass is 10.0. The van der Waals surface area contributed by atoms with Crippen LogP contribution in [0.15, 0.2) is 47.5 Å². The molecule has 0 saturated carbocycles. The molecule has 1 fully saturated rings. The predicted molar refractivity (Wildman–Crippen MR) is 111 cm³/mol. The summed E-state index contributed by atoms with van der Waals surface area (Å²) < 4.78 is 33.3. The summed E-state index contributed by atoms with van der Waals surface area (Å²) in [5.41, 5.74) is 1.46. The molecule has 0 spiro atoms. The molecule has 0 N–H and O–H groups in total. The second-order valence-corrected chi connectivity index (χ2v) is 9.61. The molecule has 1 aromatic carbocycles. The van der Waals surface area contributed by atoms with Crippen LogP contribution in [0.4, 0.5) is 0 Å². The van der Waals surface area contributed by atoms with Crippen LogP contribution in [-0.4, -0.2) is 61.8 Å². The summed E-state index contributed by atoms with van der Waals surface area (Å²) in [5.74, 6) is 0.367. The first kappa shape index (κ1) is 21.3. The van der Waals surface area contributed by atoms with E-state index < -0.39 is 10.0 Å². The largest absolute Gasteiger partial charge is 0.472 e. The van der Waals surface area contributed by atoms with Crippen LogP contribution in [0.1, 0.15) is 42.1 Å². The molecule has 7 nitrogen and oxygen atoms in total. The molecule has 3 rings (SSSR count). The zero-order valence-corrected chi connectivity index (χ0v) is 18.0. The van der Waals surface area contributed by atoms with E-state index in [1.165, 1.54) is 9.21 Å². The molecule has 1 aliphatic heterocycles. The lowest BCUT2D eigenvalue weighted by Crippen LogP contribution is -2.31. The fraction of sp³-hybridized carbons (Fsp3) is 0.429. The van der Waals surface area contributed by atoms with E-state index in [4.69, 9.17) is 4.74 Å². The Morgan fingerprint density at radius 2 is 1.90 bits per heavy atom. The van der Waals surface area contributed by atoms with E-state index in [-0.39, 0.29) is 29.3 Å². The second kappa shape index (κ2) is 8.51. The number of nitrogens with zero attached hydrogens (tertiary/aromatic N) is 3. The van der Waals surface area contributed by atoms with Gasteiger partial charge in [0, 0.05) is 26.8 Å². The first-order chi connectivity index (χ1) is 13.7. The molecule has 0 bridgehead atoms. The summed E-state index contributed by atoms with van der Waals surface area (Å²) in [4.78, 5) is 18.2. The summed E-state index contributed by atoms with van der Waals surface area (Å²) in [6.45, 7) is 4.72. The molecule has 1 aliphatic rings. The molecule has 8 heteroatoms. The number of pyridine rings is 1. The van der Waals surface area contributed by atoms with Crippen LogP contribution in [0.3, 0.4) is 0 Å². The third kappa shape index (κ3) is 4.59. The Kier molecular flexibility index (Phi) is 6.24. The van der Waals surface area contributed by atoms with E-state index >= 15 is 0 Å². The maximum atomic E-state index is 13.0. The number of aromatic nitrogens is 1. The van der Waals surface area contributed by atoms with Crippen molar-refractivity contribution in [2.24, 2.45) is 0 Å². The minimum Gasteiger partial charge on any atom is -0.472 e. The predicted octanol–water partition coefficient (Wildman–Crippen LogP) is 2.75. The fourth-order valence-electron chi connectivity index (χ4n) is 3.23. The SMILES string of the molecule is CC(C)c1ccc(S(=O)(=O)N2CCC(Oc3ncccc3C(=O)N(C)C)C2)cc1. The van der Waals surface area contributed by atoms with Gasteiger partial charge in [0.25, 0.3) is 5.91 Å². The molecular formula is C21H27N3O4S. The summed E-state index contributed by atoms with van der Waals surface area (Å²) in [5, 5.41) is 0. The van der Waals surface area contributed by atoms with Crippen LogP contribution in [0, 0.1) is 0 Å². The Morgan fingerprint density at radius 1 is 1.21 bits per heavy atom. The van der Waals surface area contributed by atoms with E-state index in [9.17, 15) is 13.2 Å². The Morgan fingerprint density at radius 3 is 2.52 bits per heavy atom. The van der Waals surface area contributed by atoms with Gasteiger partial charge in [0.15, 0.2) is 0 Å². The van der Waals surface area contributed by atoms with Gasteiger partial charge in [-0.15, -0.1) is 0 Å². The molecule has 1 amide bonds. The van der Waals surface area contributed by atoms with Crippen LogP contribution in [0.5, 0.6) is 5.88 Å². The van der Waals surface area contributed by atoms with E-state index in [0.29, 0.717) is 24.4 Å². The molecule has 2 aromatic rings. The number of rotatable bonds is 6. The van der Waals surface area contributed by atoms with E-state index in [1.54, 1.807) is 44.6 Å². The van der Waals surface area contributed by atoms with E-state index in [2.05, 4.69) is 18.8 Å². The maximum absolute atomic E-state index is 13.0. The number of carbonyl (C=O) groups excluding carboxylic acids is 1. The number of amides is 1. The summed E-state index contributed by atoms with van der Waals surface area (Å²) in [6.07, 6.45) is 1.74. The molecule has 0 radical (unpaired) electrons. The second-order valence-electron chi connectivity index (χ2n) is 7.67. The molecular weight excluding hydrogens is 390 g/mol. The Balaban J connectivity index is 1.73. The van der Waals surface area contributed by atoms with Gasteiger partial charge in [0.05, 0.1) is 11.4 Å². The number of benzene rings is 1. The minimum atomic E-state index is -3.59. The van der Waals surface area contributed by atoms with Gasteiger partial charge in [-0.1, -0.05) is 26.0 Å². The average molecular weight is 418 g/mol. The third-order valence-electron chi connectivity index (χ3n) is 4.98. The maximum Gasteiger partial charge on any atom is 0.258 e. The normalized spacial score (nSPS) is 17.5. The van der Waals surface area contributed by atoms with Crippen molar-refractivity contribution in [1.82, 2.24) is 14.2 Å². The van der Waals surface area contributed by atoms with Crippen molar-refractivity contribution >= 4 is 15.9 Å². The number of sulfonamides is 1. The van der Waals surface area contributed by atoms with Crippen molar-refractivity contribution in [3.63, 3.8) is 0 Å². The zero-order valence-electron chi connectivity index (χ0n) is 17.2. The molecule has 0 aliphatic carbocycles. The van der Waals surface area contributed by atoms with Gasteiger partial charge in [-0.2, -0.15) is 4.31 Å². The van der Waals surface area contributed by atoms with Crippen LogP contribution < -0.4 is 4.74 Å². The van der Waals surface area contributed by atoms with Gasteiger partial charge < -0.3 is 9.64 Å². The van der Waals surface area contributed by atoms with Crippen molar-refractivity contribution in [2.45, 2.75) is 37.2 Å². The summed E-state index contributed by atoms with van der Waals surface area (Å²) in [7, 11) is -0.268. The zero-order chi connectivity index (χ0) is 21.2. The van der Waals surface area contributed by atoms with Crippen molar-refractivity contribution < 1.29 is 17.9 Å². The lowest BCUT2D eigenvalue weighted by Gasteiger charge is -2.19. The number of carbonyl (C=O) groups is 1. The Hall–Kier alpha value is -2.45. The number of hydrogen-bond acceptors (Lipinski definition) is 5. The molecule has 29 heavy (non-hydrogen) atoms. The van der Waals surface area contributed by atoms with Gasteiger partial charge in [0.2, 0.25) is 15.9 Å². The molecule has 156 valence electrons. The van der Waals surface area contributed by atoms with Crippen molar-refractivity contribution in [2.75, 3.05) is 27.2 Å². The van der Waals surface area contributed by atoms with Gasteiger partial charge in [-0.25, -0.2) is 13.4 Å². The number of ether oxygens (including phenoxy) is 1. The van der Waals surface area contributed by atoms with Crippen LogP contribution >= 0.6 is 0 Å². The molecule has 1 atom stereocenters. The Labute approximate surface area is 172 Å². The highest BCUT2D eigenvalue weighted by atomic mass is 32.2. The molecule has 2 heterocycles. The highest BCUT2D eigenvalue weighted by molar-refractivity contribution is 7.89. The van der Waals surface area contributed by atoms with Crippen LogP contribution in [0.2, 0.25) is 0 Å². The smallest absolute Gasteiger partial charge is 0.258 e.